The average molecular weight is 409 g/mol. The predicted octanol–water partition coefficient (Wildman–Crippen LogP) is 3.16. The van der Waals surface area contributed by atoms with Crippen LogP contribution in [0.4, 0.5) is 0 Å². The fourth-order valence-corrected chi connectivity index (χ4v) is 3.07. The molecule has 0 bridgehead atoms. The summed E-state index contributed by atoms with van der Waals surface area (Å²) in [6.07, 6.45) is 2.83. The first-order chi connectivity index (χ1) is 14.5. The van der Waals surface area contributed by atoms with E-state index < -0.39 is 0 Å². The third-order valence-corrected chi connectivity index (χ3v) is 4.66. The first kappa shape index (κ1) is 21.5. The van der Waals surface area contributed by atoms with Gasteiger partial charge in [-0.3, -0.25) is 4.79 Å². The van der Waals surface area contributed by atoms with Crippen LogP contribution in [0.5, 0.6) is 5.88 Å². The minimum Gasteiger partial charge on any atom is -0.475 e. The fourth-order valence-electron chi connectivity index (χ4n) is 3.07. The number of amides is 1. The van der Waals surface area contributed by atoms with Crippen LogP contribution in [0.2, 0.25) is 0 Å². The van der Waals surface area contributed by atoms with Crippen molar-refractivity contribution in [2.75, 3.05) is 20.3 Å². The number of aryl methyl sites for hydroxylation is 3. The van der Waals surface area contributed by atoms with E-state index >= 15 is 0 Å². The molecule has 0 aliphatic rings. The van der Waals surface area contributed by atoms with Gasteiger partial charge in [0.05, 0.1) is 18.0 Å². The molecule has 0 spiro atoms. The Kier molecular flexibility index (Phi) is 7.57. The second kappa shape index (κ2) is 10.5. The van der Waals surface area contributed by atoms with Gasteiger partial charge in [0.25, 0.3) is 0 Å². The zero-order valence-corrected chi connectivity index (χ0v) is 17.7. The Labute approximate surface area is 177 Å². The lowest BCUT2D eigenvalue weighted by atomic mass is 10.1. The molecule has 3 aromatic rings. The number of carbonyl (C=O) groups excluding carboxylic acids is 1. The van der Waals surface area contributed by atoms with Gasteiger partial charge < -0.3 is 14.8 Å². The van der Waals surface area contributed by atoms with Crippen molar-refractivity contribution in [2.45, 2.75) is 33.2 Å². The molecule has 1 amide bonds. The summed E-state index contributed by atoms with van der Waals surface area (Å²) in [6, 6.07) is 13.9. The van der Waals surface area contributed by atoms with Gasteiger partial charge in [0, 0.05) is 38.0 Å². The highest BCUT2D eigenvalue weighted by atomic mass is 16.5. The average Bonchev–Trinajstić information content (AvgIpc) is 3.10. The molecule has 2 heterocycles. The summed E-state index contributed by atoms with van der Waals surface area (Å²) in [5.41, 5.74) is 5.17. The lowest BCUT2D eigenvalue weighted by Crippen LogP contribution is -2.23. The third kappa shape index (κ3) is 6.15. The van der Waals surface area contributed by atoms with Crippen LogP contribution < -0.4 is 10.1 Å². The van der Waals surface area contributed by atoms with Crippen LogP contribution in [0.15, 0.2) is 48.7 Å². The molecule has 158 valence electrons. The number of hydrogen-bond donors (Lipinski definition) is 1. The van der Waals surface area contributed by atoms with E-state index in [0.717, 1.165) is 28.2 Å². The summed E-state index contributed by atoms with van der Waals surface area (Å²) in [5.74, 6) is 0.559. The third-order valence-electron chi connectivity index (χ3n) is 4.66. The van der Waals surface area contributed by atoms with Gasteiger partial charge in [0.1, 0.15) is 6.61 Å². The van der Waals surface area contributed by atoms with Gasteiger partial charge in [-0.15, -0.1) is 0 Å². The smallest absolute Gasteiger partial charge is 0.220 e. The molecule has 0 saturated heterocycles. The van der Waals surface area contributed by atoms with Crippen LogP contribution >= 0.6 is 0 Å². The van der Waals surface area contributed by atoms with Crippen molar-refractivity contribution in [3.8, 4) is 11.6 Å². The summed E-state index contributed by atoms with van der Waals surface area (Å²) in [5, 5.41) is 7.43. The summed E-state index contributed by atoms with van der Waals surface area (Å²) >= 11 is 0. The number of hydrogen-bond acceptors (Lipinski definition) is 5. The molecule has 2 aromatic heterocycles. The van der Waals surface area contributed by atoms with Gasteiger partial charge in [-0.05, 0) is 49.6 Å². The van der Waals surface area contributed by atoms with E-state index in [1.165, 1.54) is 0 Å². The number of pyridine rings is 1. The Hall–Kier alpha value is -3.19. The standard InChI is InChI=1S/C23H28N4O3/c1-17-14-18(2)27(26-17)21-8-4-19(5-9-21)6-10-22(28)24-15-20-7-11-23(25-16-20)30-13-12-29-3/h4-5,7-9,11,14,16H,6,10,12-13,15H2,1-3H3,(H,24,28). The predicted molar refractivity (Wildman–Crippen MR) is 115 cm³/mol. The zero-order chi connectivity index (χ0) is 21.3. The van der Waals surface area contributed by atoms with Crippen LogP contribution in [-0.4, -0.2) is 41.0 Å². The summed E-state index contributed by atoms with van der Waals surface area (Å²) in [6.45, 7) is 5.45. The van der Waals surface area contributed by atoms with Crippen molar-refractivity contribution in [1.82, 2.24) is 20.1 Å². The molecule has 3 rings (SSSR count). The molecule has 7 nitrogen and oxygen atoms in total. The highest BCUT2D eigenvalue weighted by molar-refractivity contribution is 5.76. The molecule has 7 heteroatoms. The number of ether oxygens (including phenoxy) is 2. The molecule has 0 radical (unpaired) electrons. The Morgan fingerprint density at radius 2 is 1.83 bits per heavy atom. The molecule has 0 atom stereocenters. The number of benzene rings is 1. The number of nitrogens with zero attached hydrogens (tertiary/aromatic N) is 3. The second-order valence-electron chi connectivity index (χ2n) is 7.13. The Bertz CT molecular complexity index is 950. The molecule has 1 N–H and O–H groups in total. The van der Waals surface area contributed by atoms with Gasteiger partial charge in [-0.25, -0.2) is 9.67 Å². The Morgan fingerprint density at radius 1 is 1.07 bits per heavy atom. The van der Waals surface area contributed by atoms with Crippen LogP contribution in [0.3, 0.4) is 0 Å². The number of nitrogens with one attached hydrogen (secondary N) is 1. The summed E-state index contributed by atoms with van der Waals surface area (Å²) in [7, 11) is 1.63. The summed E-state index contributed by atoms with van der Waals surface area (Å²) < 4.78 is 12.3. The maximum Gasteiger partial charge on any atom is 0.220 e. The number of rotatable bonds is 10. The first-order valence-corrected chi connectivity index (χ1v) is 10.0. The van der Waals surface area contributed by atoms with E-state index in [0.29, 0.717) is 38.5 Å². The highest BCUT2D eigenvalue weighted by Gasteiger charge is 2.06. The van der Waals surface area contributed by atoms with E-state index in [1.807, 2.05) is 48.9 Å². The van der Waals surface area contributed by atoms with Gasteiger partial charge in [0.2, 0.25) is 11.8 Å². The second-order valence-corrected chi connectivity index (χ2v) is 7.13. The van der Waals surface area contributed by atoms with Gasteiger partial charge in [-0.1, -0.05) is 18.2 Å². The molecule has 0 aliphatic heterocycles. The van der Waals surface area contributed by atoms with Crippen LogP contribution in [0.25, 0.3) is 5.69 Å². The van der Waals surface area contributed by atoms with Crippen molar-refractivity contribution in [3.63, 3.8) is 0 Å². The van der Waals surface area contributed by atoms with Gasteiger partial charge in [0.15, 0.2) is 0 Å². The van der Waals surface area contributed by atoms with Crippen molar-refractivity contribution < 1.29 is 14.3 Å². The van der Waals surface area contributed by atoms with E-state index in [2.05, 4.69) is 21.5 Å². The lowest BCUT2D eigenvalue weighted by Gasteiger charge is -2.08. The van der Waals surface area contributed by atoms with Crippen molar-refractivity contribution in [1.29, 1.82) is 0 Å². The van der Waals surface area contributed by atoms with Crippen LogP contribution in [0, 0.1) is 13.8 Å². The van der Waals surface area contributed by atoms with Crippen molar-refractivity contribution in [2.24, 2.45) is 0 Å². The van der Waals surface area contributed by atoms with E-state index in [-0.39, 0.29) is 5.91 Å². The quantitative estimate of drug-likeness (QED) is 0.522. The SMILES string of the molecule is COCCOc1ccc(CNC(=O)CCc2ccc(-n3nc(C)cc3C)cc2)cn1. The minimum absolute atomic E-state index is 0.0121. The zero-order valence-electron chi connectivity index (χ0n) is 17.7. The fraction of sp³-hybridized carbons (Fsp3) is 0.348. The molecule has 1 aromatic carbocycles. The highest BCUT2D eigenvalue weighted by Crippen LogP contribution is 2.14. The molecule has 0 aliphatic carbocycles. The molecule has 0 saturated carbocycles. The van der Waals surface area contributed by atoms with Gasteiger partial charge in [-0.2, -0.15) is 5.10 Å². The number of methoxy groups -OCH3 is 1. The van der Waals surface area contributed by atoms with Crippen LogP contribution in [-0.2, 0) is 22.5 Å². The van der Waals surface area contributed by atoms with Crippen molar-refractivity contribution in [3.05, 3.63) is 71.2 Å². The first-order valence-electron chi connectivity index (χ1n) is 10.0. The Balaban J connectivity index is 1.43. The van der Waals surface area contributed by atoms with E-state index in [4.69, 9.17) is 9.47 Å². The van der Waals surface area contributed by atoms with Crippen LogP contribution in [0.1, 0.15) is 28.9 Å². The number of carbonyl (C=O) groups is 1. The molecule has 30 heavy (non-hydrogen) atoms. The molecule has 0 fully saturated rings. The normalized spacial score (nSPS) is 10.8. The van der Waals surface area contributed by atoms with Gasteiger partial charge >= 0.3 is 0 Å². The number of aromatic nitrogens is 3. The molecule has 0 unspecified atom stereocenters. The van der Waals surface area contributed by atoms with E-state index in [1.54, 1.807) is 19.4 Å². The maximum absolute atomic E-state index is 12.2. The largest absolute Gasteiger partial charge is 0.475 e. The molecular formula is C23H28N4O3. The van der Waals surface area contributed by atoms with Crippen molar-refractivity contribution >= 4 is 5.91 Å². The topological polar surface area (TPSA) is 78.3 Å². The monoisotopic (exact) mass is 408 g/mol. The minimum atomic E-state index is 0.0121. The molecular weight excluding hydrogens is 380 g/mol. The Morgan fingerprint density at radius 3 is 2.47 bits per heavy atom. The summed E-state index contributed by atoms with van der Waals surface area (Å²) in [4.78, 5) is 16.4. The lowest BCUT2D eigenvalue weighted by molar-refractivity contribution is -0.121. The van der Waals surface area contributed by atoms with E-state index in [9.17, 15) is 4.79 Å². The maximum atomic E-state index is 12.2.